The molecular weight excluding hydrogens is 286 g/mol. The second-order valence-electron chi connectivity index (χ2n) is 5.43. The van der Waals surface area contributed by atoms with Crippen molar-refractivity contribution in [1.82, 2.24) is 10.2 Å². The van der Waals surface area contributed by atoms with Gasteiger partial charge in [0.05, 0.1) is 7.11 Å². The van der Waals surface area contributed by atoms with E-state index in [-0.39, 0.29) is 18.2 Å². The minimum absolute atomic E-state index is 0.216. The summed E-state index contributed by atoms with van der Waals surface area (Å²) in [6.45, 7) is 0.653. The average molecular weight is 303 g/mol. The van der Waals surface area contributed by atoms with Crippen LogP contribution in [0.1, 0.15) is 34.3 Å². The molecule has 2 aliphatic rings. The fourth-order valence-electron chi connectivity index (χ4n) is 3.00. The second kappa shape index (κ2) is 5.42. The largest absolute Gasteiger partial charge is 0.496 e. The van der Waals surface area contributed by atoms with Crippen LogP contribution in [0.3, 0.4) is 0 Å². The first kappa shape index (κ1) is 14.5. The summed E-state index contributed by atoms with van der Waals surface area (Å²) in [6, 6.07) is 2.91. The third-order valence-electron chi connectivity index (χ3n) is 4.14. The SMILES string of the molecule is COc1cc2c(cc1CN)CN(C1CCC(=O)NC1=O)C2=O. The van der Waals surface area contributed by atoms with Gasteiger partial charge >= 0.3 is 0 Å². The summed E-state index contributed by atoms with van der Waals surface area (Å²) in [6.07, 6.45) is 0.596. The molecule has 0 saturated carbocycles. The third-order valence-corrected chi connectivity index (χ3v) is 4.14. The standard InChI is InChI=1S/C15H17N3O4/c1-22-12-5-10-9(4-8(12)6-16)7-18(15(10)21)11-2-3-13(19)17-14(11)20/h4-5,11H,2-3,6-7,16H2,1H3,(H,17,19,20). The Bertz CT molecular complexity index is 671. The molecule has 2 aliphatic heterocycles. The van der Waals surface area contributed by atoms with Crippen LogP contribution in [0.15, 0.2) is 12.1 Å². The molecule has 1 atom stereocenters. The van der Waals surface area contributed by atoms with Crippen LogP contribution in [0.2, 0.25) is 0 Å². The Morgan fingerprint density at radius 1 is 1.36 bits per heavy atom. The molecule has 1 saturated heterocycles. The van der Waals surface area contributed by atoms with E-state index >= 15 is 0 Å². The van der Waals surface area contributed by atoms with Crippen molar-refractivity contribution in [3.63, 3.8) is 0 Å². The van der Waals surface area contributed by atoms with Crippen molar-refractivity contribution in [2.75, 3.05) is 7.11 Å². The van der Waals surface area contributed by atoms with Gasteiger partial charge in [-0.05, 0) is 24.1 Å². The molecule has 0 bridgehead atoms. The Labute approximate surface area is 127 Å². The molecule has 0 spiro atoms. The number of methoxy groups -OCH3 is 1. The molecule has 0 aromatic heterocycles. The monoisotopic (exact) mass is 303 g/mol. The van der Waals surface area contributed by atoms with Crippen molar-refractivity contribution in [2.45, 2.75) is 32.0 Å². The number of fused-ring (bicyclic) bond motifs is 1. The van der Waals surface area contributed by atoms with Crippen LogP contribution in [0.5, 0.6) is 5.75 Å². The van der Waals surface area contributed by atoms with Gasteiger partial charge in [-0.3, -0.25) is 19.7 Å². The summed E-state index contributed by atoms with van der Waals surface area (Å²) in [7, 11) is 1.53. The van der Waals surface area contributed by atoms with Gasteiger partial charge < -0.3 is 15.4 Å². The van der Waals surface area contributed by atoms with Gasteiger partial charge in [0.2, 0.25) is 11.8 Å². The Kier molecular flexibility index (Phi) is 3.58. The zero-order valence-electron chi connectivity index (χ0n) is 12.2. The van der Waals surface area contributed by atoms with Crippen LogP contribution >= 0.6 is 0 Å². The summed E-state index contributed by atoms with van der Waals surface area (Å²) in [5.74, 6) is -0.355. The van der Waals surface area contributed by atoms with Crippen LogP contribution in [0.4, 0.5) is 0 Å². The number of hydrogen-bond donors (Lipinski definition) is 2. The van der Waals surface area contributed by atoms with Crippen LogP contribution in [-0.4, -0.2) is 35.8 Å². The highest BCUT2D eigenvalue weighted by atomic mass is 16.5. The van der Waals surface area contributed by atoms with Gasteiger partial charge in [0, 0.05) is 30.6 Å². The van der Waals surface area contributed by atoms with Crippen molar-refractivity contribution >= 4 is 17.7 Å². The lowest BCUT2D eigenvalue weighted by Crippen LogP contribution is -2.52. The zero-order chi connectivity index (χ0) is 15.9. The van der Waals surface area contributed by atoms with E-state index in [0.29, 0.717) is 30.8 Å². The normalized spacial score (nSPS) is 20.9. The highest BCUT2D eigenvalue weighted by Crippen LogP contribution is 2.32. The van der Waals surface area contributed by atoms with Gasteiger partial charge in [0.1, 0.15) is 11.8 Å². The molecule has 3 rings (SSSR count). The van der Waals surface area contributed by atoms with Gasteiger partial charge in [0.15, 0.2) is 0 Å². The molecule has 3 N–H and O–H groups in total. The first-order valence-corrected chi connectivity index (χ1v) is 7.09. The molecule has 1 unspecified atom stereocenters. The van der Waals surface area contributed by atoms with E-state index in [1.165, 1.54) is 12.0 Å². The Balaban J connectivity index is 1.91. The van der Waals surface area contributed by atoms with E-state index in [1.54, 1.807) is 6.07 Å². The minimum Gasteiger partial charge on any atom is -0.496 e. The van der Waals surface area contributed by atoms with Crippen molar-refractivity contribution in [1.29, 1.82) is 0 Å². The second-order valence-corrected chi connectivity index (χ2v) is 5.43. The number of carbonyl (C=O) groups is 3. The van der Waals surface area contributed by atoms with Crippen molar-refractivity contribution in [3.8, 4) is 5.75 Å². The molecule has 7 nitrogen and oxygen atoms in total. The number of nitrogens with zero attached hydrogens (tertiary/aromatic N) is 1. The predicted molar refractivity (Wildman–Crippen MR) is 76.9 cm³/mol. The molecule has 116 valence electrons. The number of nitrogens with two attached hydrogens (primary N) is 1. The zero-order valence-corrected chi connectivity index (χ0v) is 12.2. The van der Waals surface area contributed by atoms with Gasteiger partial charge in [-0.2, -0.15) is 0 Å². The predicted octanol–water partition coefficient (Wildman–Crippen LogP) is -0.0851. The van der Waals surface area contributed by atoms with Crippen LogP contribution in [0, 0.1) is 0 Å². The number of amides is 3. The first-order valence-electron chi connectivity index (χ1n) is 7.09. The lowest BCUT2D eigenvalue weighted by molar-refractivity contribution is -0.136. The first-order chi connectivity index (χ1) is 10.5. The number of piperidine rings is 1. The molecule has 22 heavy (non-hydrogen) atoms. The molecular formula is C15H17N3O4. The fraction of sp³-hybridized carbons (Fsp3) is 0.400. The quantitative estimate of drug-likeness (QED) is 0.760. The van der Waals surface area contributed by atoms with Gasteiger partial charge in [-0.1, -0.05) is 0 Å². The minimum atomic E-state index is -0.607. The molecule has 1 fully saturated rings. The summed E-state index contributed by atoms with van der Waals surface area (Å²) < 4.78 is 5.25. The third kappa shape index (κ3) is 2.23. The van der Waals surface area contributed by atoms with Gasteiger partial charge in [0.25, 0.3) is 5.91 Å². The molecule has 0 aliphatic carbocycles. The molecule has 1 aromatic carbocycles. The van der Waals surface area contributed by atoms with Crippen LogP contribution in [0.25, 0.3) is 0 Å². The number of hydrogen-bond acceptors (Lipinski definition) is 5. The van der Waals surface area contributed by atoms with E-state index in [1.807, 2.05) is 6.07 Å². The molecule has 2 heterocycles. The molecule has 3 amide bonds. The maximum atomic E-state index is 12.6. The molecule has 0 radical (unpaired) electrons. The summed E-state index contributed by atoms with van der Waals surface area (Å²) in [4.78, 5) is 37.3. The average Bonchev–Trinajstić information content (AvgIpc) is 2.82. The number of ether oxygens (including phenoxy) is 1. The van der Waals surface area contributed by atoms with E-state index in [9.17, 15) is 14.4 Å². The summed E-state index contributed by atoms with van der Waals surface area (Å²) in [5, 5.41) is 2.28. The highest BCUT2D eigenvalue weighted by molar-refractivity contribution is 6.05. The lowest BCUT2D eigenvalue weighted by atomic mass is 10.0. The number of rotatable bonds is 3. The smallest absolute Gasteiger partial charge is 0.255 e. The highest BCUT2D eigenvalue weighted by Gasteiger charge is 2.39. The Hall–Kier alpha value is -2.41. The maximum Gasteiger partial charge on any atom is 0.255 e. The Morgan fingerprint density at radius 2 is 2.14 bits per heavy atom. The number of benzene rings is 1. The van der Waals surface area contributed by atoms with Crippen molar-refractivity contribution in [3.05, 3.63) is 28.8 Å². The van der Waals surface area contributed by atoms with Crippen LogP contribution in [-0.2, 0) is 22.7 Å². The van der Waals surface area contributed by atoms with Crippen LogP contribution < -0.4 is 15.8 Å². The molecule has 1 aromatic rings. The number of carbonyl (C=O) groups excluding carboxylic acids is 3. The molecule has 7 heteroatoms. The lowest BCUT2D eigenvalue weighted by Gasteiger charge is -2.29. The summed E-state index contributed by atoms with van der Waals surface area (Å²) in [5.41, 5.74) is 7.86. The van der Waals surface area contributed by atoms with Crippen molar-refractivity contribution in [2.24, 2.45) is 5.73 Å². The summed E-state index contributed by atoms with van der Waals surface area (Å²) >= 11 is 0. The van der Waals surface area contributed by atoms with Gasteiger partial charge in [-0.15, -0.1) is 0 Å². The fourth-order valence-corrected chi connectivity index (χ4v) is 3.00. The van der Waals surface area contributed by atoms with E-state index in [0.717, 1.165) is 11.1 Å². The maximum absolute atomic E-state index is 12.6. The topological polar surface area (TPSA) is 102 Å². The number of imide groups is 1. The van der Waals surface area contributed by atoms with Gasteiger partial charge in [-0.25, -0.2) is 0 Å². The van der Waals surface area contributed by atoms with Crippen molar-refractivity contribution < 1.29 is 19.1 Å². The van der Waals surface area contributed by atoms with E-state index < -0.39 is 11.9 Å². The van der Waals surface area contributed by atoms with E-state index in [4.69, 9.17) is 10.5 Å². The Morgan fingerprint density at radius 3 is 2.77 bits per heavy atom. The van der Waals surface area contributed by atoms with E-state index in [2.05, 4.69) is 5.32 Å². The number of nitrogens with one attached hydrogen (secondary N) is 1.